The van der Waals surface area contributed by atoms with E-state index in [-0.39, 0.29) is 22.7 Å². The van der Waals surface area contributed by atoms with E-state index >= 15 is 0 Å². The monoisotopic (exact) mass is 299 g/mol. The second-order valence-electron chi connectivity index (χ2n) is 5.35. The number of anilines is 1. The fraction of sp³-hybridized carbons (Fsp3) is 0.615. The van der Waals surface area contributed by atoms with E-state index in [0.29, 0.717) is 12.4 Å². The molecular formula is C13H18ClN3O3. The standard InChI is InChI=1S/C13H18ClN3O3/c14-11-6-10(17(19)20)7-15-12(11)16-8-13(9-18)4-2-1-3-5-13/h6-7,18H,1-5,8-9H2,(H,15,16). The van der Waals surface area contributed by atoms with Gasteiger partial charge in [0.05, 0.1) is 16.6 Å². The lowest BCUT2D eigenvalue weighted by molar-refractivity contribution is -0.385. The molecule has 0 spiro atoms. The summed E-state index contributed by atoms with van der Waals surface area (Å²) >= 11 is 5.99. The van der Waals surface area contributed by atoms with Crippen molar-refractivity contribution in [2.45, 2.75) is 32.1 Å². The molecule has 2 N–H and O–H groups in total. The van der Waals surface area contributed by atoms with Crippen molar-refractivity contribution in [3.8, 4) is 0 Å². The maximum absolute atomic E-state index is 10.6. The highest BCUT2D eigenvalue weighted by molar-refractivity contribution is 6.33. The van der Waals surface area contributed by atoms with E-state index in [9.17, 15) is 15.2 Å². The van der Waals surface area contributed by atoms with Crippen molar-refractivity contribution in [1.29, 1.82) is 0 Å². The molecule has 7 heteroatoms. The molecular weight excluding hydrogens is 282 g/mol. The summed E-state index contributed by atoms with van der Waals surface area (Å²) in [6, 6.07) is 1.28. The molecule has 2 rings (SSSR count). The highest BCUT2D eigenvalue weighted by atomic mass is 35.5. The Morgan fingerprint density at radius 1 is 1.45 bits per heavy atom. The predicted octanol–water partition coefficient (Wildman–Crippen LogP) is 3.00. The number of hydrogen-bond donors (Lipinski definition) is 2. The summed E-state index contributed by atoms with van der Waals surface area (Å²) in [6.45, 7) is 0.707. The zero-order chi connectivity index (χ0) is 14.6. The van der Waals surface area contributed by atoms with Gasteiger partial charge in [0.1, 0.15) is 12.0 Å². The second-order valence-corrected chi connectivity index (χ2v) is 5.76. The highest BCUT2D eigenvalue weighted by Gasteiger charge is 2.31. The fourth-order valence-corrected chi connectivity index (χ4v) is 2.85. The van der Waals surface area contributed by atoms with Gasteiger partial charge in [0.2, 0.25) is 0 Å². The smallest absolute Gasteiger partial charge is 0.289 e. The minimum atomic E-state index is -0.529. The Hall–Kier alpha value is -1.40. The van der Waals surface area contributed by atoms with Crippen molar-refractivity contribution >= 4 is 23.1 Å². The van der Waals surface area contributed by atoms with Gasteiger partial charge >= 0.3 is 0 Å². The average Bonchev–Trinajstić information content (AvgIpc) is 2.47. The average molecular weight is 300 g/mol. The normalized spacial score (nSPS) is 17.7. The van der Waals surface area contributed by atoms with Crippen LogP contribution in [0.3, 0.4) is 0 Å². The molecule has 0 radical (unpaired) electrons. The third kappa shape index (κ3) is 3.37. The van der Waals surface area contributed by atoms with E-state index < -0.39 is 4.92 Å². The zero-order valence-electron chi connectivity index (χ0n) is 11.1. The van der Waals surface area contributed by atoms with Crippen LogP contribution >= 0.6 is 11.6 Å². The number of hydrogen-bond acceptors (Lipinski definition) is 5. The molecule has 1 aromatic rings. The fourth-order valence-electron chi connectivity index (χ4n) is 2.62. The van der Waals surface area contributed by atoms with Crippen molar-refractivity contribution in [3.05, 3.63) is 27.4 Å². The number of halogens is 1. The molecule has 1 fully saturated rings. The predicted molar refractivity (Wildman–Crippen MR) is 77.0 cm³/mol. The Labute approximate surface area is 122 Å². The van der Waals surface area contributed by atoms with Crippen LogP contribution in [0.5, 0.6) is 0 Å². The Bertz CT molecular complexity index is 490. The van der Waals surface area contributed by atoms with Crippen molar-refractivity contribution < 1.29 is 10.0 Å². The Morgan fingerprint density at radius 2 is 2.15 bits per heavy atom. The third-order valence-electron chi connectivity index (χ3n) is 3.92. The van der Waals surface area contributed by atoms with Gasteiger partial charge in [0.15, 0.2) is 0 Å². The molecule has 0 atom stereocenters. The lowest BCUT2D eigenvalue weighted by Crippen LogP contribution is -2.35. The number of aromatic nitrogens is 1. The van der Waals surface area contributed by atoms with Gasteiger partial charge in [0, 0.05) is 18.0 Å². The number of nitro groups is 1. The van der Waals surface area contributed by atoms with Gasteiger partial charge in [-0.15, -0.1) is 0 Å². The van der Waals surface area contributed by atoms with Crippen LogP contribution in [0.4, 0.5) is 11.5 Å². The van der Waals surface area contributed by atoms with Crippen LogP contribution in [0, 0.1) is 15.5 Å². The highest BCUT2D eigenvalue weighted by Crippen LogP contribution is 2.36. The minimum Gasteiger partial charge on any atom is -0.396 e. The van der Waals surface area contributed by atoms with Crippen molar-refractivity contribution in [3.63, 3.8) is 0 Å². The van der Waals surface area contributed by atoms with E-state index in [1.807, 2.05) is 0 Å². The number of pyridine rings is 1. The molecule has 0 bridgehead atoms. The number of aliphatic hydroxyl groups excluding tert-OH is 1. The van der Waals surface area contributed by atoms with Gasteiger partial charge in [-0.2, -0.15) is 0 Å². The van der Waals surface area contributed by atoms with Gasteiger partial charge < -0.3 is 10.4 Å². The van der Waals surface area contributed by atoms with Crippen LogP contribution in [0.2, 0.25) is 5.02 Å². The lowest BCUT2D eigenvalue weighted by Gasteiger charge is -2.35. The Kier molecular flexibility index (Phi) is 4.77. The van der Waals surface area contributed by atoms with E-state index in [2.05, 4.69) is 10.3 Å². The Balaban J connectivity index is 2.04. The van der Waals surface area contributed by atoms with Crippen LogP contribution < -0.4 is 5.32 Å². The van der Waals surface area contributed by atoms with E-state index in [1.165, 1.54) is 18.7 Å². The van der Waals surface area contributed by atoms with E-state index in [0.717, 1.165) is 25.7 Å². The molecule has 1 aliphatic rings. The zero-order valence-corrected chi connectivity index (χ0v) is 11.9. The molecule has 1 aromatic heterocycles. The third-order valence-corrected chi connectivity index (χ3v) is 4.21. The van der Waals surface area contributed by atoms with Crippen LogP contribution in [0.25, 0.3) is 0 Å². The maximum Gasteiger partial charge on any atom is 0.289 e. The molecule has 0 amide bonds. The second kappa shape index (κ2) is 6.37. The molecule has 1 heterocycles. The number of rotatable bonds is 5. The topological polar surface area (TPSA) is 88.3 Å². The quantitative estimate of drug-likeness (QED) is 0.644. The largest absolute Gasteiger partial charge is 0.396 e. The molecule has 0 unspecified atom stereocenters. The van der Waals surface area contributed by atoms with Crippen molar-refractivity contribution in [2.75, 3.05) is 18.5 Å². The van der Waals surface area contributed by atoms with Crippen LogP contribution in [0.15, 0.2) is 12.3 Å². The lowest BCUT2D eigenvalue weighted by atomic mass is 9.74. The summed E-state index contributed by atoms with van der Waals surface area (Å²) in [4.78, 5) is 14.1. The van der Waals surface area contributed by atoms with E-state index in [4.69, 9.17) is 11.6 Å². The maximum atomic E-state index is 10.6. The molecule has 0 saturated heterocycles. The van der Waals surface area contributed by atoms with Crippen LogP contribution in [-0.2, 0) is 0 Å². The van der Waals surface area contributed by atoms with Gasteiger partial charge in [-0.1, -0.05) is 30.9 Å². The number of aliphatic hydroxyl groups is 1. The summed E-state index contributed by atoms with van der Waals surface area (Å²) in [7, 11) is 0. The molecule has 1 aliphatic carbocycles. The van der Waals surface area contributed by atoms with Gasteiger partial charge in [0.25, 0.3) is 5.69 Å². The minimum absolute atomic E-state index is 0.130. The first-order chi connectivity index (χ1) is 9.56. The van der Waals surface area contributed by atoms with Gasteiger partial charge in [-0.3, -0.25) is 10.1 Å². The number of nitrogens with one attached hydrogen (secondary N) is 1. The summed E-state index contributed by atoms with van der Waals surface area (Å²) in [5.41, 5.74) is -0.263. The van der Waals surface area contributed by atoms with E-state index in [1.54, 1.807) is 0 Å². The first-order valence-corrected chi connectivity index (χ1v) is 7.09. The van der Waals surface area contributed by atoms with Crippen LogP contribution in [0.1, 0.15) is 32.1 Å². The van der Waals surface area contributed by atoms with Crippen LogP contribution in [-0.4, -0.2) is 28.2 Å². The molecule has 20 heavy (non-hydrogen) atoms. The summed E-state index contributed by atoms with van der Waals surface area (Å²) in [5.74, 6) is 0.427. The van der Waals surface area contributed by atoms with Gasteiger partial charge in [-0.25, -0.2) is 4.98 Å². The molecule has 110 valence electrons. The summed E-state index contributed by atoms with van der Waals surface area (Å²) in [5, 5.41) is 23.6. The molecule has 0 aromatic carbocycles. The van der Waals surface area contributed by atoms with Gasteiger partial charge in [-0.05, 0) is 12.8 Å². The first kappa shape index (κ1) is 15.0. The van der Waals surface area contributed by atoms with Crippen molar-refractivity contribution in [2.24, 2.45) is 5.41 Å². The summed E-state index contributed by atoms with van der Waals surface area (Å²) in [6.07, 6.45) is 6.56. The molecule has 1 saturated carbocycles. The Morgan fingerprint density at radius 3 is 2.70 bits per heavy atom. The molecule has 0 aliphatic heterocycles. The SMILES string of the molecule is O=[N+]([O-])c1cnc(NCC2(CO)CCCCC2)c(Cl)c1. The van der Waals surface area contributed by atoms with Crippen molar-refractivity contribution in [1.82, 2.24) is 4.98 Å². The number of nitrogens with zero attached hydrogens (tertiary/aromatic N) is 2. The summed E-state index contributed by atoms with van der Waals surface area (Å²) < 4.78 is 0. The first-order valence-electron chi connectivity index (χ1n) is 6.71. The molecule has 6 nitrogen and oxygen atoms in total.